The second-order valence-electron chi connectivity index (χ2n) is 8.83. The largest absolute Gasteiger partial charge is 0.452 e. The third kappa shape index (κ3) is 4.85. The van der Waals surface area contributed by atoms with Crippen molar-refractivity contribution in [3.8, 4) is 0 Å². The quantitative estimate of drug-likeness (QED) is 0.707. The van der Waals surface area contributed by atoms with Gasteiger partial charge in [-0.2, -0.15) is 0 Å². The Morgan fingerprint density at radius 1 is 1.00 bits per heavy atom. The number of ether oxygens (including phenoxy) is 1. The molecule has 2 aliphatic heterocycles. The summed E-state index contributed by atoms with van der Waals surface area (Å²) in [6.45, 7) is 8.77. The van der Waals surface area contributed by atoms with Gasteiger partial charge in [0.15, 0.2) is 6.10 Å². The highest BCUT2D eigenvalue weighted by molar-refractivity contribution is 5.95. The van der Waals surface area contributed by atoms with Gasteiger partial charge in [0.2, 0.25) is 0 Å². The fraction of sp³-hybridized carbons (Fsp3) is 0.625. The first-order valence-corrected chi connectivity index (χ1v) is 11.2. The molecule has 2 heterocycles. The molecule has 0 bridgehead atoms. The number of carbonyl (C=O) groups is 3. The number of likely N-dealkylation sites (tertiary alicyclic amines) is 2. The van der Waals surface area contributed by atoms with Gasteiger partial charge in [0.05, 0.1) is 5.92 Å². The summed E-state index contributed by atoms with van der Waals surface area (Å²) < 4.78 is 5.57. The molecule has 0 N–H and O–H groups in total. The Labute approximate surface area is 179 Å². The summed E-state index contributed by atoms with van der Waals surface area (Å²) in [7, 11) is 0. The number of benzene rings is 1. The standard InChI is InChI=1S/C24H34N2O4/c1-16-8-5-6-11-21(16)23(28)25-14-12-20(13-15-25)24(29)30-19(4)22(27)26-17(2)9-7-10-18(26)3/h5-6,8,11,17-20H,7,9-10,12-15H2,1-4H3/t17-,18+,19-/m1/s1. The molecule has 2 amide bonds. The summed E-state index contributed by atoms with van der Waals surface area (Å²) in [5.41, 5.74) is 1.67. The average Bonchev–Trinajstić information content (AvgIpc) is 2.73. The molecule has 2 fully saturated rings. The van der Waals surface area contributed by atoms with E-state index in [2.05, 4.69) is 13.8 Å². The summed E-state index contributed by atoms with van der Waals surface area (Å²) in [5, 5.41) is 0. The van der Waals surface area contributed by atoms with E-state index in [1.165, 1.54) is 0 Å². The summed E-state index contributed by atoms with van der Waals surface area (Å²) in [6.07, 6.45) is 3.46. The SMILES string of the molecule is Cc1ccccc1C(=O)N1CCC(C(=O)O[C@H](C)C(=O)N2[C@H](C)CCC[C@@H]2C)CC1. The number of piperidine rings is 2. The molecule has 6 heteroatoms. The van der Waals surface area contributed by atoms with Gasteiger partial charge in [-0.25, -0.2) is 0 Å². The van der Waals surface area contributed by atoms with Crippen LogP contribution in [-0.4, -0.2) is 58.9 Å². The third-order valence-electron chi connectivity index (χ3n) is 6.58. The van der Waals surface area contributed by atoms with Gasteiger partial charge < -0.3 is 14.5 Å². The Morgan fingerprint density at radius 2 is 1.60 bits per heavy atom. The van der Waals surface area contributed by atoms with Crippen molar-refractivity contribution >= 4 is 17.8 Å². The Balaban J connectivity index is 1.52. The number of hydrogen-bond donors (Lipinski definition) is 0. The van der Waals surface area contributed by atoms with Crippen LogP contribution in [-0.2, 0) is 14.3 Å². The van der Waals surface area contributed by atoms with Crippen LogP contribution in [0.3, 0.4) is 0 Å². The minimum Gasteiger partial charge on any atom is -0.452 e. The molecule has 0 saturated carbocycles. The highest BCUT2D eigenvalue weighted by Crippen LogP contribution is 2.25. The molecular weight excluding hydrogens is 380 g/mol. The van der Waals surface area contributed by atoms with Gasteiger partial charge in [-0.15, -0.1) is 0 Å². The first-order chi connectivity index (χ1) is 14.3. The van der Waals surface area contributed by atoms with Crippen LogP contribution in [0.25, 0.3) is 0 Å². The van der Waals surface area contributed by atoms with E-state index in [9.17, 15) is 14.4 Å². The minimum atomic E-state index is -0.771. The lowest BCUT2D eigenvalue weighted by Crippen LogP contribution is -2.52. The van der Waals surface area contributed by atoms with Crippen molar-refractivity contribution in [1.29, 1.82) is 0 Å². The summed E-state index contributed by atoms with van der Waals surface area (Å²) in [5.74, 6) is -0.680. The van der Waals surface area contributed by atoms with Crippen LogP contribution >= 0.6 is 0 Å². The zero-order valence-electron chi connectivity index (χ0n) is 18.6. The smallest absolute Gasteiger partial charge is 0.309 e. The summed E-state index contributed by atoms with van der Waals surface area (Å²) >= 11 is 0. The lowest BCUT2D eigenvalue weighted by atomic mass is 9.95. The van der Waals surface area contributed by atoms with E-state index in [0.717, 1.165) is 24.8 Å². The van der Waals surface area contributed by atoms with Crippen LogP contribution in [0.2, 0.25) is 0 Å². The molecule has 0 aliphatic carbocycles. The minimum absolute atomic E-state index is 0.0107. The van der Waals surface area contributed by atoms with E-state index in [-0.39, 0.29) is 35.8 Å². The predicted molar refractivity (Wildman–Crippen MR) is 115 cm³/mol. The van der Waals surface area contributed by atoms with E-state index in [0.29, 0.717) is 31.5 Å². The number of amides is 2. The highest BCUT2D eigenvalue weighted by Gasteiger charge is 2.35. The van der Waals surface area contributed by atoms with Gasteiger partial charge in [-0.3, -0.25) is 14.4 Å². The molecule has 2 saturated heterocycles. The summed E-state index contributed by atoms with van der Waals surface area (Å²) in [6, 6.07) is 7.92. The molecular formula is C24H34N2O4. The van der Waals surface area contributed by atoms with Crippen LogP contribution in [0.1, 0.15) is 68.8 Å². The maximum atomic E-state index is 12.9. The van der Waals surface area contributed by atoms with Crippen LogP contribution in [0.15, 0.2) is 24.3 Å². The lowest BCUT2D eigenvalue weighted by Gasteiger charge is -2.40. The molecule has 0 spiro atoms. The average molecular weight is 415 g/mol. The Bertz CT molecular complexity index is 775. The maximum absolute atomic E-state index is 12.9. The van der Waals surface area contributed by atoms with Gasteiger partial charge in [-0.1, -0.05) is 18.2 Å². The lowest BCUT2D eigenvalue weighted by molar-refractivity contribution is -0.166. The number of rotatable bonds is 4. The van der Waals surface area contributed by atoms with Gasteiger partial charge in [-0.05, 0) is 71.4 Å². The molecule has 164 valence electrons. The number of nitrogens with zero attached hydrogens (tertiary/aromatic N) is 2. The van der Waals surface area contributed by atoms with Gasteiger partial charge in [0.25, 0.3) is 11.8 Å². The third-order valence-corrected chi connectivity index (χ3v) is 6.58. The molecule has 0 aromatic heterocycles. The second-order valence-corrected chi connectivity index (χ2v) is 8.83. The monoisotopic (exact) mass is 414 g/mol. The number of carbonyl (C=O) groups excluding carboxylic acids is 3. The molecule has 6 nitrogen and oxygen atoms in total. The maximum Gasteiger partial charge on any atom is 0.309 e. The topological polar surface area (TPSA) is 66.9 Å². The van der Waals surface area contributed by atoms with Crippen LogP contribution in [0.4, 0.5) is 0 Å². The molecule has 3 rings (SSSR count). The molecule has 0 unspecified atom stereocenters. The van der Waals surface area contributed by atoms with Gasteiger partial charge in [0.1, 0.15) is 0 Å². The van der Waals surface area contributed by atoms with Crippen molar-refractivity contribution < 1.29 is 19.1 Å². The first-order valence-electron chi connectivity index (χ1n) is 11.2. The van der Waals surface area contributed by atoms with Crippen LogP contribution in [0.5, 0.6) is 0 Å². The predicted octanol–water partition coefficient (Wildman–Crippen LogP) is 3.57. The molecule has 1 aromatic rings. The van der Waals surface area contributed by atoms with Crippen molar-refractivity contribution in [2.45, 2.75) is 78.0 Å². The van der Waals surface area contributed by atoms with E-state index in [1.807, 2.05) is 36.1 Å². The molecule has 0 radical (unpaired) electrons. The van der Waals surface area contributed by atoms with E-state index in [1.54, 1.807) is 11.8 Å². The Kier molecular flexibility index (Phi) is 7.16. The van der Waals surface area contributed by atoms with Gasteiger partial charge >= 0.3 is 5.97 Å². The van der Waals surface area contributed by atoms with Gasteiger partial charge in [0, 0.05) is 30.7 Å². The molecule has 3 atom stereocenters. The number of hydrogen-bond acceptors (Lipinski definition) is 4. The molecule has 1 aromatic carbocycles. The van der Waals surface area contributed by atoms with Crippen molar-refractivity contribution in [2.75, 3.05) is 13.1 Å². The zero-order valence-corrected chi connectivity index (χ0v) is 18.6. The second kappa shape index (κ2) is 9.63. The van der Waals surface area contributed by atoms with E-state index >= 15 is 0 Å². The zero-order chi connectivity index (χ0) is 21.8. The van der Waals surface area contributed by atoms with Crippen molar-refractivity contribution in [3.05, 3.63) is 35.4 Å². The molecule has 30 heavy (non-hydrogen) atoms. The fourth-order valence-corrected chi connectivity index (χ4v) is 4.69. The highest BCUT2D eigenvalue weighted by atomic mass is 16.5. The fourth-order valence-electron chi connectivity index (χ4n) is 4.69. The number of aryl methyl sites for hydroxylation is 1. The Hall–Kier alpha value is -2.37. The summed E-state index contributed by atoms with van der Waals surface area (Å²) in [4.78, 5) is 42.0. The van der Waals surface area contributed by atoms with Crippen molar-refractivity contribution in [2.24, 2.45) is 5.92 Å². The van der Waals surface area contributed by atoms with Crippen molar-refractivity contribution in [3.63, 3.8) is 0 Å². The van der Waals surface area contributed by atoms with Crippen LogP contribution in [0, 0.1) is 12.8 Å². The number of esters is 1. The Morgan fingerprint density at radius 3 is 2.20 bits per heavy atom. The van der Waals surface area contributed by atoms with E-state index < -0.39 is 6.10 Å². The van der Waals surface area contributed by atoms with Crippen LogP contribution < -0.4 is 0 Å². The first kappa shape index (κ1) is 22.3. The van der Waals surface area contributed by atoms with E-state index in [4.69, 9.17) is 4.74 Å². The van der Waals surface area contributed by atoms with Crippen molar-refractivity contribution in [1.82, 2.24) is 9.80 Å². The normalized spacial score (nSPS) is 23.7. The molecule has 2 aliphatic rings.